The van der Waals surface area contributed by atoms with Crippen molar-refractivity contribution in [3.8, 4) is 11.7 Å². The fourth-order valence-electron chi connectivity index (χ4n) is 1.68. The second kappa shape index (κ2) is 3.93. The predicted molar refractivity (Wildman–Crippen MR) is 60.7 cm³/mol. The van der Waals surface area contributed by atoms with Crippen LogP contribution in [0.3, 0.4) is 0 Å². The average Bonchev–Trinajstić information content (AvgIpc) is 2.27. The fraction of sp³-hybridized carbons (Fsp3) is 0.167. The van der Waals surface area contributed by atoms with Crippen LogP contribution < -0.4 is 10.4 Å². The topological polar surface area (TPSA) is 76.7 Å². The summed E-state index contributed by atoms with van der Waals surface area (Å²) < 4.78 is 9.61. The van der Waals surface area contributed by atoms with Crippen molar-refractivity contribution in [1.29, 1.82) is 0 Å². The van der Waals surface area contributed by atoms with Gasteiger partial charge in [0, 0.05) is 5.39 Å². The number of hydrogen-bond donors (Lipinski definition) is 1. The van der Waals surface area contributed by atoms with Crippen LogP contribution in [-0.4, -0.2) is 18.0 Å². The minimum absolute atomic E-state index is 0.0153. The standard InChI is InChI=1S/C12H10O5/c1-6(13)10-9-5-7(16-2)3-4-8(9)11(14)17-12(10)15/h3-5,15H,1-2H3. The van der Waals surface area contributed by atoms with Gasteiger partial charge in [0.05, 0.1) is 12.5 Å². The summed E-state index contributed by atoms with van der Waals surface area (Å²) in [6.45, 7) is 1.29. The molecular weight excluding hydrogens is 224 g/mol. The Labute approximate surface area is 96.2 Å². The Hall–Kier alpha value is -2.30. The number of hydrogen-bond acceptors (Lipinski definition) is 5. The molecule has 0 spiro atoms. The first-order chi connectivity index (χ1) is 8.04. The molecule has 0 amide bonds. The smallest absolute Gasteiger partial charge is 0.346 e. The number of carbonyl (C=O) groups is 1. The molecule has 0 atom stereocenters. The zero-order chi connectivity index (χ0) is 12.6. The van der Waals surface area contributed by atoms with E-state index in [0.29, 0.717) is 11.1 Å². The van der Waals surface area contributed by atoms with Gasteiger partial charge < -0.3 is 14.3 Å². The molecule has 2 rings (SSSR count). The molecule has 0 aliphatic carbocycles. The van der Waals surface area contributed by atoms with E-state index >= 15 is 0 Å². The number of fused-ring (bicyclic) bond motifs is 1. The molecule has 0 aliphatic rings. The van der Waals surface area contributed by atoms with Gasteiger partial charge in [0.25, 0.3) is 5.95 Å². The van der Waals surface area contributed by atoms with Crippen LogP contribution in [0.5, 0.6) is 11.7 Å². The number of aromatic hydroxyl groups is 1. The van der Waals surface area contributed by atoms with Crippen LogP contribution in [0, 0.1) is 0 Å². The van der Waals surface area contributed by atoms with Crippen molar-refractivity contribution in [2.75, 3.05) is 7.11 Å². The summed E-state index contributed by atoms with van der Waals surface area (Å²) in [5.74, 6) is -0.558. The summed E-state index contributed by atoms with van der Waals surface area (Å²) in [5, 5.41) is 10.1. The van der Waals surface area contributed by atoms with Gasteiger partial charge in [-0.25, -0.2) is 4.79 Å². The van der Waals surface area contributed by atoms with E-state index < -0.39 is 11.6 Å². The van der Waals surface area contributed by atoms with E-state index in [1.54, 1.807) is 6.07 Å². The Bertz CT molecular complexity index is 654. The lowest BCUT2D eigenvalue weighted by Gasteiger charge is -2.06. The first-order valence-electron chi connectivity index (χ1n) is 4.89. The summed E-state index contributed by atoms with van der Waals surface area (Å²) in [5.41, 5.74) is -0.705. The predicted octanol–water partition coefficient (Wildman–Crippen LogP) is 1.71. The third-order valence-corrected chi connectivity index (χ3v) is 2.47. The first kappa shape index (κ1) is 11.2. The molecule has 5 nitrogen and oxygen atoms in total. The molecule has 0 radical (unpaired) electrons. The van der Waals surface area contributed by atoms with Crippen molar-refractivity contribution >= 4 is 16.6 Å². The molecule has 1 heterocycles. The molecule has 1 aromatic heterocycles. The number of rotatable bonds is 2. The molecule has 0 aliphatic heterocycles. The Morgan fingerprint density at radius 2 is 2.06 bits per heavy atom. The van der Waals surface area contributed by atoms with E-state index in [4.69, 9.17) is 4.74 Å². The molecule has 5 heteroatoms. The molecule has 88 valence electrons. The number of benzene rings is 1. The highest BCUT2D eigenvalue weighted by molar-refractivity contribution is 6.08. The van der Waals surface area contributed by atoms with Crippen LogP contribution in [0.25, 0.3) is 10.8 Å². The molecule has 0 saturated carbocycles. The highest BCUT2D eigenvalue weighted by atomic mass is 16.5. The molecule has 1 N–H and O–H groups in total. The minimum atomic E-state index is -0.690. The van der Waals surface area contributed by atoms with E-state index in [0.717, 1.165) is 0 Å². The summed E-state index contributed by atoms with van der Waals surface area (Å²) in [6, 6.07) is 4.59. The maximum atomic E-state index is 11.5. The van der Waals surface area contributed by atoms with E-state index in [1.807, 2.05) is 0 Å². The Kier molecular flexibility index (Phi) is 2.59. The molecule has 2 aromatic rings. The van der Waals surface area contributed by atoms with Gasteiger partial charge >= 0.3 is 5.63 Å². The number of carbonyl (C=O) groups excluding carboxylic acids is 1. The van der Waals surface area contributed by atoms with Crippen molar-refractivity contribution in [3.63, 3.8) is 0 Å². The van der Waals surface area contributed by atoms with Crippen molar-refractivity contribution in [3.05, 3.63) is 34.2 Å². The highest BCUT2D eigenvalue weighted by Crippen LogP contribution is 2.27. The largest absolute Gasteiger partial charge is 0.497 e. The van der Waals surface area contributed by atoms with E-state index in [2.05, 4.69) is 4.42 Å². The van der Waals surface area contributed by atoms with E-state index in [-0.39, 0.29) is 16.7 Å². The second-order valence-electron chi connectivity index (χ2n) is 3.54. The fourth-order valence-corrected chi connectivity index (χ4v) is 1.68. The lowest BCUT2D eigenvalue weighted by atomic mass is 10.1. The third-order valence-electron chi connectivity index (χ3n) is 2.47. The molecule has 0 unspecified atom stereocenters. The van der Waals surface area contributed by atoms with Gasteiger partial charge in [0.1, 0.15) is 11.3 Å². The summed E-state index contributed by atoms with van der Waals surface area (Å²) in [6.07, 6.45) is 0. The van der Waals surface area contributed by atoms with E-state index in [1.165, 1.54) is 26.2 Å². The van der Waals surface area contributed by atoms with Gasteiger partial charge in [0.2, 0.25) is 0 Å². The number of Topliss-reactive ketones (excluding diaryl/α,β-unsaturated/α-hetero) is 1. The third kappa shape index (κ3) is 1.75. The zero-order valence-electron chi connectivity index (χ0n) is 9.31. The number of ketones is 1. The average molecular weight is 234 g/mol. The van der Waals surface area contributed by atoms with Crippen molar-refractivity contribution in [1.82, 2.24) is 0 Å². The van der Waals surface area contributed by atoms with Crippen LogP contribution in [0.4, 0.5) is 0 Å². The highest BCUT2D eigenvalue weighted by Gasteiger charge is 2.17. The first-order valence-corrected chi connectivity index (χ1v) is 4.89. The Morgan fingerprint density at radius 3 is 2.65 bits per heavy atom. The van der Waals surface area contributed by atoms with Crippen LogP contribution >= 0.6 is 0 Å². The maximum absolute atomic E-state index is 11.5. The van der Waals surface area contributed by atoms with Gasteiger partial charge in [-0.2, -0.15) is 0 Å². The van der Waals surface area contributed by atoms with Crippen LogP contribution in [0.15, 0.2) is 27.4 Å². The summed E-state index contributed by atoms with van der Waals surface area (Å²) >= 11 is 0. The van der Waals surface area contributed by atoms with Crippen LogP contribution in [-0.2, 0) is 0 Å². The van der Waals surface area contributed by atoms with Crippen molar-refractivity contribution in [2.45, 2.75) is 6.92 Å². The number of ether oxygens (including phenoxy) is 1. The van der Waals surface area contributed by atoms with Crippen LogP contribution in [0.1, 0.15) is 17.3 Å². The van der Waals surface area contributed by atoms with Crippen molar-refractivity contribution in [2.24, 2.45) is 0 Å². The van der Waals surface area contributed by atoms with Gasteiger partial charge in [0.15, 0.2) is 5.78 Å². The number of methoxy groups -OCH3 is 1. The molecule has 1 aromatic carbocycles. The normalized spacial score (nSPS) is 10.5. The van der Waals surface area contributed by atoms with E-state index in [9.17, 15) is 14.7 Å². The van der Waals surface area contributed by atoms with Gasteiger partial charge in [-0.15, -0.1) is 0 Å². The summed E-state index contributed by atoms with van der Waals surface area (Å²) in [4.78, 5) is 22.9. The van der Waals surface area contributed by atoms with Crippen LogP contribution in [0.2, 0.25) is 0 Å². The Balaban J connectivity index is 2.96. The SMILES string of the molecule is COc1ccc2c(=O)oc(O)c(C(C)=O)c2c1. The maximum Gasteiger partial charge on any atom is 0.346 e. The minimum Gasteiger partial charge on any atom is -0.497 e. The lowest BCUT2D eigenvalue weighted by Crippen LogP contribution is -2.05. The molecule has 0 fully saturated rings. The molecular formula is C12H10O5. The van der Waals surface area contributed by atoms with Crippen molar-refractivity contribution < 1.29 is 19.1 Å². The van der Waals surface area contributed by atoms with Gasteiger partial charge in [-0.1, -0.05) is 0 Å². The molecule has 0 bridgehead atoms. The lowest BCUT2D eigenvalue weighted by molar-refractivity contribution is 0.101. The quantitative estimate of drug-likeness (QED) is 0.800. The second-order valence-corrected chi connectivity index (χ2v) is 3.54. The van der Waals surface area contributed by atoms with Gasteiger partial charge in [-0.3, -0.25) is 4.79 Å². The van der Waals surface area contributed by atoms with Gasteiger partial charge in [-0.05, 0) is 25.1 Å². The zero-order valence-corrected chi connectivity index (χ0v) is 9.31. The Morgan fingerprint density at radius 1 is 1.35 bits per heavy atom. The monoisotopic (exact) mass is 234 g/mol. The molecule has 0 saturated heterocycles. The molecule has 17 heavy (non-hydrogen) atoms. The summed E-state index contributed by atoms with van der Waals surface area (Å²) in [7, 11) is 1.47.